The molecule has 0 saturated heterocycles. The quantitative estimate of drug-likeness (QED) is 0.103. The second-order valence-electron chi connectivity index (χ2n) is 16.7. The lowest BCUT2D eigenvalue weighted by Crippen LogP contribution is -2.66. The first kappa shape index (κ1) is 41.4. The summed E-state index contributed by atoms with van der Waals surface area (Å²) in [6.45, 7) is 11.4. The van der Waals surface area contributed by atoms with Crippen LogP contribution in [0.25, 0.3) is 33.6 Å². The zero-order chi connectivity index (χ0) is 41.5. The molecule has 3 heterocycles. The van der Waals surface area contributed by atoms with Gasteiger partial charge in [0, 0.05) is 40.0 Å². The molecule has 0 radical (unpaired) electrons. The summed E-state index contributed by atoms with van der Waals surface area (Å²) in [5, 5.41) is 4.92. The summed E-state index contributed by atoms with van der Waals surface area (Å²) >= 11 is -1.53. The molecular formula is C46H48F3N3O4SSi. The van der Waals surface area contributed by atoms with Crippen LogP contribution < -0.4 is 15.7 Å². The van der Waals surface area contributed by atoms with Gasteiger partial charge in [-0.05, 0) is 72.4 Å². The van der Waals surface area contributed by atoms with Crippen molar-refractivity contribution in [1.82, 2.24) is 14.6 Å². The first-order chi connectivity index (χ1) is 27.5. The highest BCUT2D eigenvalue weighted by molar-refractivity contribution is 7.90. The standard InChI is InChI=1S/C46H48F3N3O4SSi/c1-44(2,3)57(54)52-29-34-27-37(43(53)50-30-46(47,48)49)51-42(33-18-15-17-31(26-33)40-28-32-16-13-14-23-39(32)56-40)41(34)38(52)24-25-55-58(45(4,5)6,35-19-9-7-10-20-35)36-21-11-8-12-22-36/h7-23,26-28,38H,24-25,29-30H2,1-6H3,(H,50,53). The first-order valence-electron chi connectivity index (χ1n) is 19.4. The third kappa shape index (κ3) is 8.39. The number of hydrogen-bond donors (Lipinski definition) is 1. The molecule has 0 saturated carbocycles. The fourth-order valence-corrected chi connectivity index (χ4v) is 14.0. The van der Waals surface area contributed by atoms with Crippen LogP contribution in [0.4, 0.5) is 13.2 Å². The Balaban J connectivity index is 1.35. The Morgan fingerprint density at radius 1 is 0.862 bits per heavy atom. The summed E-state index contributed by atoms with van der Waals surface area (Å²) < 4.78 is 69.1. The van der Waals surface area contributed by atoms with Crippen LogP contribution in [-0.4, -0.2) is 52.1 Å². The maximum absolute atomic E-state index is 14.5. The van der Waals surface area contributed by atoms with Crippen molar-refractivity contribution in [2.24, 2.45) is 0 Å². The second-order valence-corrected chi connectivity index (χ2v) is 23.2. The number of fused-ring (bicyclic) bond motifs is 2. The number of nitrogens with zero attached hydrogens (tertiary/aromatic N) is 2. The molecule has 4 aromatic carbocycles. The summed E-state index contributed by atoms with van der Waals surface area (Å²) in [4.78, 5) is 18.2. The summed E-state index contributed by atoms with van der Waals surface area (Å²) in [7, 11) is -2.95. The van der Waals surface area contributed by atoms with Gasteiger partial charge in [-0.1, -0.05) is 118 Å². The molecule has 0 spiro atoms. The molecule has 1 aliphatic heterocycles. The minimum absolute atomic E-state index is 0.155. The lowest BCUT2D eigenvalue weighted by atomic mass is 9.95. The lowest BCUT2D eigenvalue weighted by molar-refractivity contribution is -0.123. The van der Waals surface area contributed by atoms with Crippen molar-refractivity contribution in [3.8, 4) is 22.6 Å². The summed E-state index contributed by atoms with van der Waals surface area (Å²) in [6, 6.07) is 39.0. The molecule has 7 nitrogen and oxygen atoms in total. The maximum Gasteiger partial charge on any atom is 0.405 e. The number of rotatable bonds is 11. The molecule has 12 heteroatoms. The molecule has 0 bridgehead atoms. The van der Waals surface area contributed by atoms with Crippen molar-refractivity contribution in [3.05, 3.63) is 138 Å². The minimum Gasteiger partial charge on any atom is -0.597 e. The SMILES string of the molecule is CC(C)(C)[S+]([O-])N1Cc2cc(C(=O)NCC(F)(F)F)nc(-c3cccc(-c4cc5ccccc5o4)c3)c2C1CCO[Si](c1ccccc1)(c1ccccc1)C(C)(C)C. The molecule has 2 atom stereocenters. The van der Waals surface area contributed by atoms with Crippen molar-refractivity contribution in [2.45, 2.75) is 76.5 Å². The normalized spacial score (nSPS) is 15.7. The molecule has 7 rings (SSSR count). The van der Waals surface area contributed by atoms with Crippen LogP contribution in [0.3, 0.4) is 0 Å². The van der Waals surface area contributed by atoms with Gasteiger partial charge in [0.15, 0.2) is 0 Å². The number of para-hydroxylation sites is 1. The molecular weight excluding hydrogens is 776 g/mol. The van der Waals surface area contributed by atoms with Crippen molar-refractivity contribution >= 4 is 46.9 Å². The predicted octanol–water partition coefficient (Wildman–Crippen LogP) is 9.74. The monoisotopic (exact) mass is 823 g/mol. The van der Waals surface area contributed by atoms with E-state index in [1.807, 2.05) is 121 Å². The van der Waals surface area contributed by atoms with Crippen molar-refractivity contribution in [1.29, 1.82) is 0 Å². The van der Waals surface area contributed by atoms with Gasteiger partial charge in [-0.15, -0.1) is 4.31 Å². The van der Waals surface area contributed by atoms with Crippen molar-refractivity contribution < 1.29 is 31.4 Å². The molecule has 58 heavy (non-hydrogen) atoms. The van der Waals surface area contributed by atoms with Crippen LogP contribution in [0.15, 0.2) is 126 Å². The summed E-state index contributed by atoms with van der Waals surface area (Å²) in [5.41, 5.74) is 3.83. The van der Waals surface area contributed by atoms with Crippen LogP contribution in [-0.2, 0) is 22.3 Å². The predicted molar refractivity (Wildman–Crippen MR) is 228 cm³/mol. The summed E-state index contributed by atoms with van der Waals surface area (Å²) in [6.07, 6.45) is -4.18. The van der Waals surface area contributed by atoms with E-state index in [0.717, 1.165) is 32.5 Å². The van der Waals surface area contributed by atoms with Crippen LogP contribution >= 0.6 is 0 Å². The summed E-state index contributed by atoms with van der Waals surface area (Å²) in [5.74, 6) is -0.318. The largest absolute Gasteiger partial charge is 0.597 e. The van der Waals surface area contributed by atoms with Gasteiger partial charge in [0.1, 0.15) is 28.3 Å². The van der Waals surface area contributed by atoms with Crippen LogP contribution in [0.2, 0.25) is 5.04 Å². The Bertz CT molecular complexity index is 2320. The fourth-order valence-electron chi connectivity index (χ4n) is 7.98. The molecule has 2 aromatic heterocycles. The second kappa shape index (κ2) is 16.1. The Morgan fingerprint density at radius 3 is 2.09 bits per heavy atom. The van der Waals surface area contributed by atoms with Crippen molar-refractivity contribution in [3.63, 3.8) is 0 Å². The van der Waals surface area contributed by atoms with Gasteiger partial charge in [0.2, 0.25) is 0 Å². The van der Waals surface area contributed by atoms with Gasteiger partial charge in [0.25, 0.3) is 14.2 Å². The van der Waals surface area contributed by atoms with E-state index in [1.54, 1.807) is 6.07 Å². The number of nitrogens with one attached hydrogen (secondary N) is 1. The number of benzene rings is 4. The smallest absolute Gasteiger partial charge is 0.405 e. The van der Waals surface area contributed by atoms with Gasteiger partial charge in [-0.25, -0.2) is 4.98 Å². The van der Waals surface area contributed by atoms with E-state index in [-0.39, 0.29) is 17.3 Å². The Labute approximate surface area is 342 Å². The molecule has 302 valence electrons. The van der Waals surface area contributed by atoms with Gasteiger partial charge < -0.3 is 18.7 Å². The third-order valence-corrected chi connectivity index (χ3v) is 17.4. The third-order valence-electron chi connectivity index (χ3n) is 10.5. The molecule has 1 aliphatic rings. The van der Waals surface area contributed by atoms with Crippen LogP contribution in [0.1, 0.15) is 75.6 Å². The number of carbonyl (C=O) groups is 1. The van der Waals surface area contributed by atoms with E-state index >= 15 is 0 Å². The molecule has 1 N–H and O–H groups in total. The maximum atomic E-state index is 14.5. The molecule has 1 amide bonds. The van der Waals surface area contributed by atoms with E-state index in [2.05, 4.69) is 45.0 Å². The number of alkyl halides is 3. The highest BCUT2D eigenvalue weighted by Crippen LogP contribution is 2.46. The number of furan rings is 1. The number of hydrogen-bond acceptors (Lipinski definition) is 6. The zero-order valence-electron chi connectivity index (χ0n) is 33.5. The molecule has 0 aliphatic carbocycles. The highest BCUT2D eigenvalue weighted by atomic mass is 32.2. The zero-order valence-corrected chi connectivity index (χ0v) is 35.3. The topological polar surface area (TPSA) is 90.7 Å². The van der Waals surface area contributed by atoms with E-state index in [4.69, 9.17) is 13.8 Å². The Morgan fingerprint density at radius 2 is 1.48 bits per heavy atom. The Kier molecular flexibility index (Phi) is 11.5. The van der Waals surface area contributed by atoms with Gasteiger partial charge in [0.05, 0.1) is 18.3 Å². The van der Waals surface area contributed by atoms with Gasteiger partial charge >= 0.3 is 6.18 Å². The molecule has 0 fully saturated rings. The van der Waals surface area contributed by atoms with Crippen LogP contribution in [0.5, 0.6) is 0 Å². The average molecular weight is 824 g/mol. The first-order valence-corrected chi connectivity index (χ1v) is 22.4. The van der Waals surface area contributed by atoms with E-state index < -0.39 is 49.1 Å². The molecule has 6 aromatic rings. The average Bonchev–Trinajstić information content (AvgIpc) is 3.79. The number of amides is 1. The lowest BCUT2D eigenvalue weighted by Gasteiger charge is -2.43. The highest BCUT2D eigenvalue weighted by Gasteiger charge is 2.51. The Hall–Kier alpha value is -4.72. The minimum atomic E-state index is -4.60. The number of pyridine rings is 1. The number of halogens is 3. The van der Waals surface area contributed by atoms with Gasteiger partial charge in [-0.2, -0.15) is 13.2 Å². The van der Waals surface area contributed by atoms with E-state index in [1.165, 1.54) is 0 Å². The number of carbonyl (C=O) groups excluding carboxylic acids is 1. The van der Waals surface area contributed by atoms with Crippen molar-refractivity contribution in [2.75, 3.05) is 13.2 Å². The van der Waals surface area contributed by atoms with Gasteiger partial charge in [-0.3, -0.25) is 4.79 Å². The number of aromatic nitrogens is 1. The van der Waals surface area contributed by atoms with E-state index in [9.17, 15) is 22.5 Å². The fraction of sp³-hybridized carbons (Fsp3) is 0.304. The van der Waals surface area contributed by atoms with Crippen LogP contribution in [0, 0.1) is 0 Å². The van der Waals surface area contributed by atoms with E-state index in [0.29, 0.717) is 35.6 Å². The molecule has 2 unspecified atom stereocenters.